The van der Waals surface area contributed by atoms with Gasteiger partial charge in [-0.25, -0.2) is 4.68 Å². The van der Waals surface area contributed by atoms with E-state index in [0.717, 1.165) is 23.2 Å². The molecule has 0 amide bonds. The van der Waals surface area contributed by atoms with E-state index in [9.17, 15) is 4.79 Å². The molecule has 4 nitrogen and oxygen atoms in total. The summed E-state index contributed by atoms with van der Waals surface area (Å²) >= 11 is 0. The molecule has 0 unspecified atom stereocenters. The third-order valence-corrected chi connectivity index (χ3v) is 3.03. The van der Waals surface area contributed by atoms with Crippen LogP contribution in [0, 0.1) is 0 Å². The van der Waals surface area contributed by atoms with Crippen molar-refractivity contribution >= 4 is 0 Å². The minimum absolute atomic E-state index is 0.135. The van der Waals surface area contributed by atoms with Crippen LogP contribution >= 0.6 is 0 Å². The van der Waals surface area contributed by atoms with E-state index in [1.807, 2.05) is 12.1 Å². The Kier molecular flexibility index (Phi) is 3.58. The highest BCUT2D eigenvalue weighted by molar-refractivity contribution is 5.62. The number of aryl methyl sites for hydroxylation is 2. The predicted molar refractivity (Wildman–Crippen MR) is 72.2 cm³/mol. The van der Waals surface area contributed by atoms with E-state index in [1.54, 1.807) is 13.1 Å². The topological polar surface area (TPSA) is 60.9 Å². The third-order valence-electron chi connectivity index (χ3n) is 3.03. The summed E-state index contributed by atoms with van der Waals surface area (Å²) in [7, 11) is 1.65. The van der Waals surface area contributed by atoms with E-state index in [4.69, 9.17) is 5.73 Å². The van der Waals surface area contributed by atoms with Crippen molar-refractivity contribution < 1.29 is 0 Å². The Bertz CT molecular complexity index is 599. The van der Waals surface area contributed by atoms with Crippen molar-refractivity contribution in [3.8, 4) is 11.3 Å². The number of rotatable bonds is 3. The van der Waals surface area contributed by atoms with Gasteiger partial charge in [-0.2, -0.15) is 5.10 Å². The average Bonchev–Trinajstić information content (AvgIpc) is 2.41. The summed E-state index contributed by atoms with van der Waals surface area (Å²) in [4.78, 5) is 11.5. The molecular weight excluding hydrogens is 226 g/mol. The summed E-state index contributed by atoms with van der Waals surface area (Å²) in [6.07, 6.45) is 1.00. The minimum Gasteiger partial charge on any atom is -0.326 e. The molecule has 2 aromatic rings. The second-order valence-electron chi connectivity index (χ2n) is 4.23. The van der Waals surface area contributed by atoms with Gasteiger partial charge >= 0.3 is 0 Å². The van der Waals surface area contributed by atoms with Gasteiger partial charge in [-0.05, 0) is 17.5 Å². The highest BCUT2D eigenvalue weighted by Gasteiger charge is 2.08. The van der Waals surface area contributed by atoms with E-state index in [-0.39, 0.29) is 5.56 Å². The molecular formula is C14H17N3O. The van der Waals surface area contributed by atoms with E-state index < -0.39 is 0 Å². The van der Waals surface area contributed by atoms with Crippen LogP contribution in [0.15, 0.2) is 35.1 Å². The van der Waals surface area contributed by atoms with Crippen LogP contribution < -0.4 is 11.3 Å². The van der Waals surface area contributed by atoms with E-state index >= 15 is 0 Å². The van der Waals surface area contributed by atoms with Gasteiger partial charge in [0.25, 0.3) is 5.56 Å². The number of nitrogens with zero attached hydrogens (tertiary/aromatic N) is 2. The van der Waals surface area contributed by atoms with Gasteiger partial charge in [-0.3, -0.25) is 4.79 Å². The first-order chi connectivity index (χ1) is 8.65. The first kappa shape index (κ1) is 12.5. The molecule has 2 N–H and O–H groups in total. The molecule has 0 aliphatic carbocycles. The molecule has 0 atom stereocenters. The fourth-order valence-corrected chi connectivity index (χ4v) is 1.87. The van der Waals surface area contributed by atoms with E-state index in [0.29, 0.717) is 6.54 Å². The molecule has 18 heavy (non-hydrogen) atoms. The van der Waals surface area contributed by atoms with Crippen molar-refractivity contribution in [2.45, 2.75) is 19.9 Å². The second-order valence-corrected chi connectivity index (χ2v) is 4.23. The molecule has 2 rings (SSSR count). The lowest BCUT2D eigenvalue weighted by atomic mass is 10.0. The number of hydrogen-bond acceptors (Lipinski definition) is 3. The van der Waals surface area contributed by atoms with E-state index in [2.05, 4.69) is 24.2 Å². The van der Waals surface area contributed by atoms with Crippen LogP contribution in [0.5, 0.6) is 0 Å². The number of hydrogen-bond donors (Lipinski definition) is 1. The van der Waals surface area contributed by atoms with Crippen LogP contribution in [-0.4, -0.2) is 9.78 Å². The van der Waals surface area contributed by atoms with Gasteiger partial charge in [0.05, 0.1) is 5.69 Å². The lowest BCUT2D eigenvalue weighted by molar-refractivity contribution is 0.704. The Balaban J connectivity index is 2.54. The molecule has 0 bridgehead atoms. The van der Waals surface area contributed by atoms with Crippen molar-refractivity contribution in [3.05, 3.63) is 51.8 Å². The third kappa shape index (κ3) is 2.33. The highest BCUT2D eigenvalue weighted by atomic mass is 16.1. The summed E-state index contributed by atoms with van der Waals surface area (Å²) in [5.74, 6) is 0. The molecule has 0 saturated carbocycles. The van der Waals surface area contributed by atoms with Gasteiger partial charge < -0.3 is 5.73 Å². The van der Waals surface area contributed by atoms with Crippen molar-refractivity contribution in [2.24, 2.45) is 12.8 Å². The normalized spacial score (nSPS) is 10.6. The van der Waals surface area contributed by atoms with Crippen LogP contribution in [0.25, 0.3) is 11.3 Å². The zero-order chi connectivity index (χ0) is 13.1. The fraction of sp³-hybridized carbons (Fsp3) is 0.286. The first-order valence-electron chi connectivity index (χ1n) is 6.02. The molecule has 0 radical (unpaired) electrons. The molecule has 0 aliphatic rings. The smallest absolute Gasteiger partial charge is 0.266 e. The monoisotopic (exact) mass is 243 g/mol. The molecule has 1 aromatic heterocycles. The van der Waals surface area contributed by atoms with Crippen molar-refractivity contribution in [3.63, 3.8) is 0 Å². The number of benzene rings is 1. The molecule has 0 saturated heterocycles. The van der Waals surface area contributed by atoms with Crippen LogP contribution in [-0.2, 0) is 20.0 Å². The standard InChI is InChI=1S/C14H17N3O/c1-3-10-4-6-11(7-5-10)14-12(9-15)8-13(18)17(2)16-14/h4-8H,3,9,15H2,1-2H3. The van der Waals surface area contributed by atoms with Crippen LogP contribution in [0.4, 0.5) is 0 Å². The molecule has 1 heterocycles. The van der Waals surface area contributed by atoms with Gasteiger partial charge in [0.2, 0.25) is 0 Å². The Labute approximate surface area is 106 Å². The fourth-order valence-electron chi connectivity index (χ4n) is 1.87. The van der Waals surface area contributed by atoms with E-state index in [1.165, 1.54) is 10.2 Å². The Hall–Kier alpha value is -1.94. The van der Waals surface area contributed by atoms with Gasteiger partial charge in [0, 0.05) is 25.2 Å². The molecule has 0 aliphatic heterocycles. The van der Waals surface area contributed by atoms with Crippen LogP contribution in [0.2, 0.25) is 0 Å². The summed E-state index contributed by atoms with van der Waals surface area (Å²) in [5, 5.41) is 4.29. The van der Waals surface area contributed by atoms with Crippen molar-refractivity contribution in [1.82, 2.24) is 9.78 Å². The Morgan fingerprint density at radius 1 is 1.28 bits per heavy atom. The maximum absolute atomic E-state index is 11.5. The average molecular weight is 243 g/mol. The zero-order valence-corrected chi connectivity index (χ0v) is 10.7. The molecule has 1 aromatic carbocycles. The minimum atomic E-state index is -0.135. The number of aromatic nitrogens is 2. The summed E-state index contributed by atoms with van der Waals surface area (Å²) < 4.78 is 1.34. The van der Waals surface area contributed by atoms with Crippen molar-refractivity contribution in [2.75, 3.05) is 0 Å². The molecule has 0 spiro atoms. The van der Waals surface area contributed by atoms with Gasteiger partial charge in [-0.15, -0.1) is 0 Å². The Morgan fingerprint density at radius 2 is 1.94 bits per heavy atom. The lowest BCUT2D eigenvalue weighted by Gasteiger charge is -2.09. The van der Waals surface area contributed by atoms with Crippen LogP contribution in [0.3, 0.4) is 0 Å². The van der Waals surface area contributed by atoms with Crippen LogP contribution in [0.1, 0.15) is 18.1 Å². The molecule has 94 valence electrons. The SMILES string of the molecule is CCc1ccc(-c2nn(C)c(=O)cc2CN)cc1. The number of nitrogens with two attached hydrogens (primary N) is 1. The predicted octanol–water partition coefficient (Wildman–Crippen LogP) is 1.47. The van der Waals surface area contributed by atoms with Gasteiger partial charge in [0.1, 0.15) is 0 Å². The maximum Gasteiger partial charge on any atom is 0.266 e. The maximum atomic E-state index is 11.5. The zero-order valence-electron chi connectivity index (χ0n) is 10.7. The lowest BCUT2D eigenvalue weighted by Crippen LogP contribution is -2.21. The van der Waals surface area contributed by atoms with Gasteiger partial charge in [0.15, 0.2) is 0 Å². The summed E-state index contributed by atoms with van der Waals surface area (Å²) in [6, 6.07) is 9.73. The summed E-state index contributed by atoms with van der Waals surface area (Å²) in [5.41, 5.74) is 9.36. The quantitative estimate of drug-likeness (QED) is 0.888. The largest absolute Gasteiger partial charge is 0.326 e. The Morgan fingerprint density at radius 3 is 2.50 bits per heavy atom. The summed E-state index contributed by atoms with van der Waals surface area (Å²) in [6.45, 7) is 2.43. The van der Waals surface area contributed by atoms with Crippen molar-refractivity contribution in [1.29, 1.82) is 0 Å². The second kappa shape index (κ2) is 5.14. The highest BCUT2D eigenvalue weighted by Crippen LogP contribution is 2.20. The first-order valence-corrected chi connectivity index (χ1v) is 6.02. The molecule has 0 fully saturated rings. The van der Waals surface area contributed by atoms with Gasteiger partial charge in [-0.1, -0.05) is 31.2 Å². The molecule has 4 heteroatoms.